The predicted octanol–water partition coefficient (Wildman–Crippen LogP) is 3.21. The zero-order valence-corrected chi connectivity index (χ0v) is 17.7. The van der Waals surface area contributed by atoms with Crippen LogP contribution in [0.2, 0.25) is 0 Å². The van der Waals surface area contributed by atoms with Gasteiger partial charge in [-0.2, -0.15) is 4.39 Å². The molecule has 8 nitrogen and oxygen atoms in total. The van der Waals surface area contributed by atoms with Crippen molar-refractivity contribution >= 4 is 35.1 Å². The molecule has 1 aromatic carbocycles. The Morgan fingerprint density at radius 1 is 1.09 bits per heavy atom. The van der Waals surface area contributed by atoms with Gasteiger partial charge in [0.2, 0.25) is 11.7 Å². The van der Waals surface area contributed by atoms with E-state index in [9.17, 15) is 18.4 Å². The van der Waals surface area contributed by atoms with Crippen LogP contribution in [0.25, 0.3) is 0 Å². The van der Waals surface area contributed by atoms with Gasteiger partial charge in [0.1, 0.15) is 10.8 Å². The Kier molecular flexibility index (Phi) is 7.68. The van der Waals surface area contributed by atoms with E-state index in [0.29, 0.717) is 16.6 Å². The summed E-state index contributed by atoms with van der Waals surface area (Å²) in [5, 5.41) is 5.32. The summed E-state index contributed by atoms with van der Waals surface area (Å²) < 4.78 is 32.9. The first-order valence-corrected chi connectivity index (χ1v) is 10.3. The van der Waals surface area contributed by atoms with Gasteiger partial charge < -0.3 is 21.1 Å². The fourth-order valence-corrected chi connectivity index (χ4v) is 3.57. The number of ether oxygens (including phenoxy) is 1. The predicted molar refractivity (Wildman–Crippen MR) is 117 cm³/mol. The molecule has 4 N–H and O–H groups in total. The topological polar surface area (TPSA) is 119 Å². The molecule has 2 amide bonds. The average Bonchev–Trinajstić information content (AvgIpc) is 2.81. The summed E-state index contributed by atoms with van der Waals surface area (Å²) in [6, 6.07) is 8.96. The summed E-state index contributed by atoms with van der Waals surface area (Å²) >= 11 is 1.26. The molecule has 0 radical (unpaired) electrons. The van der Waals surface area contributed by atoms with Gasteiger partial charge in [0.05, 0.1) is 24.9 Å². The Morgan fingerprint density at radius 2 is 1.91 bits per heavy atom. The number of rotatable bonds is 8. The van der Waals surface area contributed by atoms with E-state index in [2.05, 4.69) is 20.6 Å². The second-order valence-electron chi connectivity index (χ2n) is 6.34. The molecular formula is C21H19F2N5O3S. The lowest BCUT2D eigenvalue weighted by atomic mass is 10.2. The van der Waals surface area contributed by atoms with Gasteiger partial charge in [-0.1, -0.05) is 0 Å². The zero-order chi connectivity index (χ0) is 23.1. The quantitative estimate of drug-likeness (QED) is 0.443. The number of thioether (sulfide) groups is 1. The second kappa shape index (κ2) is 10.6. The van der Waals surface area contributed by atoms with E-state index in [0.717, 1.165) is 5.56 Å². The van der Waals surface area contributed by atoms with Crippen molar-refractivity contribution in [2.45, 2.75) is 10.8 Å². The number of nitrogens with one attached hydrogen (secondary N) is 2. The van der Waals surface area contributed by atoms with Crippen molar-refractivity contribution in [2.24, 2.45) is 5.73 Å². The van der Waals surface area contributed by atoms with Crippen molar-refractivity contribution in [3.63, 3.8) is 0 Å². The number of anilines is 2. The maximum atomic E-state index is 14.2. The van der Waals surface area contributed by atoms with Crippen LogP contribution in [0.1, 0.15) is 15.9 Å². The Hall–Kier alpha value is -3.57. The van der Waals surface area contributed by atoms with Gasteiger partial charge in [-0.3, -0.25) is 9.59 Å². The highest BCUT2D eigenvalue weighted by Crippen LogP contribution is 2.28. The summed E-state index contributed by atoms with van der Waals surface area (Å²) in [5.41, 5.74) is 5.98. The summed E-state index contributed by atoms with van der Waals surface area (Å²) in [6.07, 6.45) is 3.06. The fraction of sp³-hybridized carbons (Fsp3) is 0.143. The smallest absolute Gasteiger partial charge is 0.258 e. The molecule has 2 heterocycles. The van der Waals surface area contributed by atoms with E-state index in [1.807, 2.05) is 0 Å². The number of methoxy groups -OCH3 is 1. The van der Waals surface area contributed by atoms with Crippen molar-refractivity contribution in [3.8, 4) is 5.75 Å². The summed E-state index contributed by atoms with van der Waals surface area (Å²) in [5.74, 6) is -2.92. The minimum atomic E-state index is -1.22. The van der Waals surface area contributed by atoms with Crippen LogP contribution in [0.15, 0.2) is 53.8 Å². The average molecular weight is 459 g/mol. The highest BCUT2D eigenvalue weighted by molar-refractivity contribution is 7.98. The van der Waals surface area contributed by atoms with Crippen molar-refractivity contribution in [2.75, 3.05) is 24.3 Å². The number of hydrogen-bond donors (Lipinski definition) is 3. The van der Waals surface area contributed by atoms with Gasteiger partial charge in [0, 0.05) is 18.1 Å². The second-order valence-corrected chi connectivity index (χ2v) is 7.31. The molecule has 0 aliphatic rings. The number of benzene rings is 1. The number of nitrogens with zero attached hydrogens (tertiary/aromatic N) is 2. The first-order chi connectivity index (χ1) is 15.4. The first kappa shape index (κ1) is 23.1. The van der Waals surface area contributed by atoms with E-state index >= 15 is 0 Å². The molecule has 3 rings (SSSR count). The van der Waals surface area contributed by atoms with Crippen molar-refractivity contribution in [1.82, 2.24) is 9.97 Å². The van der Waals surface area contributed by atoms with Gasteiger partial charge in [-0.25, -0.2) is 14.4 Å². The highest BCUT2D eigenvalue weighted by Gasteiger charge is 2.19. The monoisotopic (exact) mass is 459 g/mol. The number of amides is 2. The molecule has 3 aromatic rings. The molecule has 0 fully saturated rings. The van der Waals surface area contributed by atoms with Crippen molar-refractivity contribution < 1.29 is 23.1 Å². The van der Waals surface area contributed by atoms with E-state index in [1.54, 1.807) is 18.2 Å². The van der Waals surface area contributed by atoms with E-state index in [4.69, 9.17) is 10.5 Å². The van der Waals surface area contributed by atoms with Crippen LogP contribution in [0.3, 0.4) is 0 Å². The third-order valence-electron chi connectivity index (χ3n) is 4.18. The van der Waals surface area contributed by atoms with Gasteiger partial charge in [-0.05, 0) is 42.0 Å². The van der Waals surface area contributed by atoms with Gasteiger partial charge in [-0.15, -0.1) is 11.8 Å². The molecule has 0 aliphatic carbocycles. The van der Waals surface area contributed by atoms with Gasteiger partial charge in [0.25, 0.3) is 5.91 Å². The molecule has 0 atom stereocenters. The molecule has 0 saturated carbocycles. The van der Waals surface area contributed by atoms with Gasteiger partial charge >= 0.3 is 0 Å². The lowest BCUT2D eigenvalue weighted by Gasteiger charge is -2.11. The molecule has 0 unspecified atom stereocenters. The number of aromatic nitrogens is 2. The number of hydrogen-bond acceptors (Lipinski definition) is 7. The standard InChI is InChI=1S/C21H19F2N5O3S/c1-31-15-5-4-14(18(22)19(15)23)27-20(30)13-3-2-7-26-21(13)32-11-12-6-8-25-16(9-12)28-17(29)10-24/h2-9H,10-11,24H2,1H3,(H,27,30)(H,25,28,29). The minimum absolute atomic E-state index is 0.161. The normalized spacial score (nSPS) is 10.5. The molecule has 0 aliphatic heterocycles. The minimum Gasteiger partial charge on any atom is -0.494 e. The molecular weight excluding hydrogens is 440 g/mol. The van der Waals surface area contributed by atoms with E-state index in [-0.39, 0.29) is 29.5 Å². The lowest BCUT2D eigenvalue weighted by Crippen LogP contribution is -2.22. The zero-order valence-electron chi connectivity index (χ0n) is 16.9. The molecule has 11 heteroatoms. The maximum absolute atomic E-state index is 14.2. The number of pyridine rings is 2. The summed E-state index contributed by atoms with van der Waals surface area (Å²) in [6.45, 7) is -0.161. The van der Waals surface area contributed by atoms with E-state index in [1.165, 1.54) is 49.5 Å². The van der Waals surface area contributed by atoms with Crippen molar-refractivity contribution in [3.05, 3.63) is 71.6 Å². The SMILES string of the molecule is COc1ccc(NC(=O)c2cccnc2SCc2ccnc(NC(=O)CN)c2)c(F)c1F. The van der Waals surface area contributed by atoms with E-state index < -0.39 is 17.5 Å². The Bertz CT molecular complexity index is 1150. The first-order valence-electron chi connectivity index (χ1n) is 9.29. The molecule has 2 aromatic heterocycles. The molecule has 166 valence electrons. The molecule has 32 heavy (non-hydrogen) atoms. The number of halogens is 2. The summed E-state index contributed by atoms with van der Waals surface area (Å²) in [4.78, 5) is 32.4. The molecule has 0 spiro atoms. The van der Waals surface area contributed by atoms with Crippen LogP contribution in [0.4, 0.5) is 20.3 Å². The Morgan fingerprint density at radius 3 is 2.66 bits per heavy atom. The lowest BCUT2D eigenvalue weighted by molar-refractivity contribution is -0.114. The number of carbonyl (C=O) groups is 2. The van der Waals surface area contributed by atoms with Crippen LogP contribution < -0.4 is 21.1 Å². The summed E-state index contributed by atoms with van der Waals surface area (Å²) in [7, 11) is 1.22. The molecule has 0 bridgehead atoms. The van der Waals surface area contributed by atoms with Crippen LogP contribution in [0, 0.1) is 11.6 Å². The van der Waals surface area contributed by atoms with Crippen LogP contribution in [0.5, 0.6) is 5.75 Å². The third-order valence-corrected chi connectivity index (χ3v) is 5.26. The van der Waals surface area contributed by atoms with Gasteiger partial charge in [0.15, 0.2) is 11.6 Å². The third kappa shape index (κ3) is 5.56. The molecule has 0 saturated heterocycles. The van der Waals surface area contributed by atoms with Crippen molar-refractivity contribution in [1.29, 1.82) is 0 Å². The van der Waals surface area contributed by atoms with Crippen LogP contribution in [-0.4, -0.2) is 35.4 Å². The van der Waals surface area contributed by atoms with Crippen LogP contribution in [-0.2, 0) is 10.5 Å². The maximum Gasteiger partial charge on any atom is 0.258 e. The van der Waals surface area contributed by atoms with Crippen LogP contribution >= 0.6 is 11.8 Å². The fourth-order valence-electron chi connectivity index (χ4n) is 2.63. The highest BCUT2D eigenvalue weighted by atomic mass is 32.2. The largest absolute Gasteiger partial charge is 0.494 e. The Balaban J connectivity index is 1.74. The Labute approximate surface area is 186 Å². The number of carbonyl (C=O) groups excluding carboxylic acids is 2. The number of nitrogens with two attached hydrogens (primary N) is 1.